The summed E-state index contributed by atoms with van der Waals surface area (Å²) in [5.74, 6) is 0.569. The normalized spacial score (nSPS) is 12.3. The topological polar surface area (TPSA) is 0 Å². The molecule has 0 aliphatic rings. The highest BCUT2D eigenvalue weighted by atomic mass is 79.9. The summed E-state index contributed by atoms with van der Waals surface area (Å²) in [6, 6.07) is 6.01. The third-order valence-corrected chi connectivity index (χ3v) is 3.35. The first-order valence-electron chi connectivity index (χ1n) is 5.07. The van der Waals surface area contributed by atoms with Gasteiger partial charge in [0, 0.05) is 10.4 Å². The highest BCUT2D eigenvalue weighted by Crippen LogP contribution is 2.21. The van der Waals surface area contributed by atoms with Crippen LogP contribution < -0.4 is 0 Å². The molecule has 0 bridgehead atoms. The number of hydrogen-bond donors (Lipinski definition) is 0. The van der Waals surface area contributed by atoms with Crippen molar-refractivity contribution in [1.82, 2.24) is 0 Å². The van der Waals surface area contributed by atoms with Crippen LogP contribution in [-0.4, -0.2) is 5.33 Å². The summed E-state index contributed by atoms with van der Waals surface area (Å²) in [5, 5.41) is 1.72. The molecule has 1 rings (SSSR count). The standard InChI is InChI=1S/C13H16BrCl/c1-9(2)12(8-14)7-11-4-5-13(15)6-10(11)3/h4-7,9H,8H2,1-3H3/b12-7+. The molecule has 0 radical (unpaired) electrons. The van der Waals surface area contributed by atoms with Gasteiger partial charge in [-0.1, -0.05) is 59.1 Å². The Kier molecular flexibility index (Phi) is 4.88. The molecule has 0 saturated heterocycles. The Balaban J connectivity index is 3.06. The Morgan fingerprint density at radius 2 is 2.13 bits per heavy atom. The van der Waals surface area contributed by atoms with E-state index >= 15 is 0 Å². The van der Waals surface area contributed by atoms with Gasteiger partial charge in [-0.2, -0.15) is 0 Å². The van der Waals surface area contributed by atoms with Gasteiger partial charge in [-0.25, -0.2) is 0 Å². The second-order valence-electron chi connectivity index (χ2n) is 4.01. The van der Waals surface area contributed by atoms with Crippen molar-refractivity contribution in [2.24, 2.45) is 5.92 Å². The first-order chi connectivity index (χ1) is 7.04. The molecule has 0 amide bonds. The molecule has 0 nitrogen and oxygen atoms in total. The maximum atomic E-state index is 5.92. The monoisotopic (exact) mass is 286 g/mol. The fraction of sp³-hybridized carbons (Fsp3) is 0.385. The molecule has 0 aromatic heterocycles. The number of benzene rings is 1. The van der Waals surface area contributed by atoms with Gasteiger partial charge in [0.05, 0.1) is 0 Å². The van der Waals surface area contributed by atoms with Crippen LogP contribution in [0.25, 0.3) is 6.08 Å². The number of rotatable bonds is 3. The van der Waals surface area contributed by atoms with Crippen LogP contribution in [0.3, 0.4) is 0 Å². The fourth-order valence-electron chi connectivity index (χ4n) is 1.36. The Bertz CT molecular complexity index is 367. The highest BCUT2D eigenvalue weighted by Gasteiger charge is 2.03. The van der Waals surface area contributed by atoms with Crippen molar-refractivity contribution in [3.63, 3.8) is 0 Å². The van der Waals surface area contributed by atoms with E-state index in [0.717, 1.165) is 10.4 Å². The molecule has 0 spiro atoms. The Labute approximate surface area is 105 Å². The second-order valence-corrected chi connectivity index (χ2v) is 5.01. The summed E-state index contributed by atoms with van der Waals surface area (Å²) in [6.07, 6.45) is 2.24. The van der Waals surface area contributed by atoms with Gasteiger partial charge in [-0.3, -0.25) is 0 Å². The lowest BCUT2D eigenvalue weighted by molar-refractivity contribution is 0.780. The smallest absolute Gasteiger partial charge is 0.0409 e. The molecule has 15 heavy (non-hydrogen) atoms. The molecule has 0 fully saturated rings. The van der Waals surface area contributed by atoms with Crippen molar-refractivity contribution in [3.8, 4) is 0 Å². The van der Waals surface area contributed by atoms with E-state index < -0.39 is 0 Å². The summed E-state index contributed by atoms with van der Waals surface area (Å²) in [6.45, 7) is 6.50. The van der Waals surface area contributed by atoms with Gasteiger partial charge >= 0.3 is 0 Å². The maximum Gasteiger partial charge on any atom is 0.0409 e. The van der Waals surface area contributed by atoms with E-state index in [1.54, 1.807) is 0 Å². The predicted molar refractivity (Wildman–Crippen MR) is 72.8 cm³/mol. The van der Waals surface area contributed by atoms with Crippen LogP contribution in [0.4, 0.5) is 0 Å². The van der Waals surface area contributed by atoms with Gasteiger partial charge in [-0.15, -0.1) is 0 Å². The number of allylic oxidation sites excluding steroid dienone is 1. The number of aryl methyl sites for hydroxylation is 1. The van der Waals surface area contributed by atoms with Crippen molar-refractivity contribution in [3.05, 3.63) is 39.9 Å². The van der Waals surface area contributed by atoms with E-state index in [4.69, 9.17) is 11.6 Å². The van der Waals surface area contributed by atoms with Gasteiger partial charge in [0.1, 0.15) is 0 Å². The average Bonchev–Trinajstić information content (AvgIpc) is 2.16. The van der Waals surface area contributed by atoms with Crippen LogP contribution in [-0.2, 0) is 0 Å². The van der Waals surface area contributed by atoms with Crippen molar-refractivity contribution in [2.75, 3.05) is 5.33 Å². The summed E-state index contributed by atoms with van der Waals surface area (Å²) < 4.78 is 0. The van der Waals surface area contributed by atoms with E-state index in [-0.39, 0.29) is 0 Å². The van der Waals surface area contributed by atoms with E-state index in [2.05, 4.69) is 48.8 Å². The molecule has 2 heteroatoms. The van der Waals surface area contributed by atoms with Crippen LogP contribution in [0, 0.1) is 12.8 Å². The molecule has 0 unspecified atom stereocenters. The molecule has 0 saturated carbocycles. The Morgan fingerprint density at radius 3 is 2.60 bits per heavy atom. The third kappa shape index (κ3) is 3.66. The predicted octanol–water partition coefficient (Wildman–Crippen LogP) is 5.08. The largest absolute Gasteiger partial charge is 0.0880 e. The molecule has 0 aliphatic heterocycles. The van der Waals surface area contributed by atoms with Crippen LogP contribution >= 0.6 is 27.5 Å². The van der Waals surface area contributed by atoms with Gasteiger partial charge in [0.25, 0.3) is 0 Å². The number of alkyl halides is 1. The molecular formula is C13H16BrCl. The maximum absolute atomic E-state index is 5.92. The molecule has 0 atom stereocenters. The van der Waals surface area contributed by atoms with Gasteiger partial charge in [0.2, 0.25) is 0 Å². The van der Waals surface area contributed by atoms with E-state index in [0.29, 0.717) is 5.92 Å². The molecule has 1 aromatic rings. The van der Waals surface area contributed by atoms with Gasteiger partial charge in [0.15, 0.2) is 0 Å². The Morgan fingerprint density at radius 1 is 1.47 bits per heavy atom. The number of halogens is 2. The molecule has 0 heterocycles. The SMILES string of the molecule is Cc1cc(Cl)ccc1/C=C(\CBr)C(C)C. The summed E-state index contributed by atoms with van der Waals surface area (Å²) in [5.41, 5.74) is 3.88. The van der Waals surface area contributed by atoms with Crippen molar-refractivity contribution in [2.45, 2.75) is 20.8 Å². The minimum atomic E-state index is 0.569. The van der Waals surface area contributed by atoms with Crippen LogP contribution in [0.15, 0.2) is 23.8 Å². The molecular weight excluding hydrogens is 272 g/mol. The van der Waals surface area contributed by atoms with Crippen molar-refractivity contribution >= 4 is 33.6 Å². The highest BCUT2D eigenvalue weighted by molar-refractivity contribution is 9.09. The van der Waals surface area contributed by atoms with E-state index in [1.165, 1.54) is 16.7 Å². The summed E-state index contributed by atoms with van der Waals surface area (Å²) in [4.78, 5) is 0. The van der Waals surface area contributed by atoms with Crippen molar-refractivity contribution in [1.29, 1.82) is 0 Å². The fourth-order valence-corrected chi connectivity index (χ4v) is 2.40. The Hall–Kier alpha value is -0.270. The zero-order valence-corrected chi connectivity index (χ0v) is 11.7. The van der Waals surface area contributed by atoms with Crippen LogP contribution in [0.2, 0.25) is 5.02 Å². The third-order valence-electron chi connectivity index (χ3n) is 2.47. The first kappa shape index (κ1) is 12.8. The summed E-state index contributed by atoms with van der Waals surface area (Å²) in [7, 11) is 0. The summed E-state index contributed by atoms with van der Waals surface area (Å²) >= 11 is 9.44. The second kappa shape index (κ2) is 5.72. The lowest BCUT2D eigenvalue weighted by Gasteiger charge is -2.09. The minimum Gasteiger partial charge on any atom is -0.0880 e. The zero-order chi connectivity index (χ0) is 11.4. The van der Waals surface area contributed by atoms with Crippen molar-refractivity contribution < 1.29 is 0 Å². The number of hydrogen-bond acceptors (Lipinski definition) is 0. The molecule has 0 aliphatic carbocycles. The minimum absolute atomic E-state index is 0.569. The van der Waals surface area contributed by atoms with E-state index in [1.807, 2.05) is 12.1 Å². The molecule has 1 aromatic carbocycles. The lowest BCUT2D eigenvalue weighted by atomic mass is 10.00. The first-order valence-corrected chi connectivity index (χ1v) is 6.57. The lowest BCUT2D eigenvalue weighted by Crippen LogP contribution is -1.95. The van der Waals surface area contributed by atoms with Crippen LogP contribution in [0.5, 0.6) is 0 Å². The average molecular weight is 288 g/mol. The van der Waals surface area contributed by atoms with Gasteiger partial charge < -0.3 is 0 Å². The van der Waals surface area contributed by atoms with E-state index in [9.17, 15) is 0 Å². The van der Waals surface area contributed by atoms with Crippen LogP contribution in [0.1, 0.15) is 25.0 Å². The van der Waals surface area contributed by atoms with Gasteiger partial charge in [-0.05, 0) is 36.1 Å². The quantitative estimate of drug-likeness (QED) is 0.680. The zero-order valence-electron chi connectivity index (χ0n) is 9.35. The molecule has 0 N–H and O–H groups in total. The molecule has 82 valence electrons.